The lowest BCUT2D eigenvalue weighted by atomic mass is 9.99. The number of carbonyl (C=O) groups excluding carboxylic acids is 4. The molecule has 1 aliphatic heterocycles. The first-order valence-electron chi connectivity index (χ1n) is 10.2. The van der Waals surface area contributed by atoms with Crippen LogP contribution in [0.25, 0.3) is 0 Å². The molecule has 2 rings (SSSR count). The molecule has 4 amide bonds. The molecule has 1 aliphatic rings. The van der Waals surface area contributed by atoms with Crippen LogP contribution in [0.4, 0.5) is 14.9 Å². The zero-order chi connectivity index (χ0) is 24.8. The van der Waals surface area contributed by atoms with E-state index in [1.165, 1.54) is 24.1 Å². The molecule has 0 saturated carbocycles. The molecule has 0 aliphatic carbocycles. The van der Waals surface area contributed by atoms with Gasteiger partial charge in [-0.25, -0.2) is 9.18 Å². The third-order valence-electron chi connectivity index (χ3n) is 4.64. The monoisotopic (exact) mass is 486 g/mol. The number of halogens is 2. The van der Waals surface area contributed by atoms with E-state index in [0.717, 1.165) is 6.07 Å². The maximum atomic E-state index is 13.6. The Balaban J connectivity index is 2.07. The van der Waals surface area contributed by atoms with Crippen molar-refractivity contribution in [2.24, 2.45) is 0 Å². The number of amides is 4. The molecule has 3 N–H and O–H groups in total. The van der Waals surface area contributed by atoms with Crippen molar-refractivity contribution in [2.75, 3.05) is 32.1 Å². The Morgan fingerprint density at radius 2 is 1.85 bits per heavy atom. The fraction of sp³-hybridized carbons (Fsp3) is 0.524. The first-order chi connectivity index (χ1) is 15.4. The van der Waals surface area contributed by atoms with Crippen LogP contribution in [0.5, 0.6) is 0 Å². The van der Waals surface area contributed by atoms with Crippen molar-refractivity contribution < 1.29 is 33.0 Å². The minimum atomic E-state index is -1.02. The Hall–Kier alpha value is -2.92. The summed E-state index contributed by atoms with van der Waals surface area (Å²) in [5.74, 6) is -3.03. The molecule has 0 spiro atoms. The number of carbonyl (C=O) groups is 4. The van der Waals surface area contributed by atoms with Crippen molar-refractivity contribution in [2.45, 2.75) is 44.9 Å². The second kappa shape index (κ2) is 11.3. The molecular weight excluding hydrogens is 459 g/mol. The quantitative estimate of drug-likeness (QED) is 0.543. The third-order valence-corrected chi connectivity index (χ3v) is 4.94. The minimum Gasteiger partial charge on any atom is -0.444 e. The highest BCUT2D eigenvalue weighted by Gasteiger charge is 2.35. The number of alkyl carbamates (subject to hydrolysis) is 1. The van der Waals surface area contributed by atoms with Crippen LogP contribution < -0.4 is 16.0 Å². The van der Waals surface area contributed by atoms with Crippen molar-refractivity contribution in [1.82, 2.24) is 15.5 Å². The van der Waals surface area contributed by atoms with Crippen LogP contribution in [0.2, 0.25) is 5.02 Å². The highest BCUT2D eigenvalue weighted by molar-refractivity contribution is 6.39. The average molecular weight is 487 g/mol. The Kier molecular flexibility index (Phi) is 9.00. The predicted molar refractivity (Wildman–Crippen MR) is 118 cm³/mol. The van der Waals surface area contributed by atoms with E-state index < -0.39 is 41.4 Å². The van der Waals surface area contributed by atoms with Gasteiger partial charge in [0, 0.05) is 25.9 Å². The highest BCUT2D eigenvalue weighted by Crippen LogP contribution is 2.19. The number of hydrogen-bond donors (Lipinski definition) is 3. The van der Waals surface area contributed by atoms with Crippen molar-refractivity contribution in [3.8, 4) is 0 Å². The fourth-order valence-corrected chi connectivity index (χ4v) is 3.28. The summed E-state index contributed by atoms with van der Waals surface area (Å²) in [7, 11) is 1.40. The lowest BCUT2D eigenvalue weighted by Gasteiger charge is -2.39. The molecule has 1 aromatic rings. The molecule has 0 bridgehead atoms. The molecule has 33 heavy (non-hydrogen) atoms. The predicted octanol–water partition coefficient (Wildman–Crippen LogP) is 1.67. The topological polar surface area (TPSA) is 126 Å². The number of rotatable bonds is 5. The first kappa shape index (κ1) is 26.3. The summed E-state index contributed by atoms with van der Waals surface area (Å²) in [6.07, 6.45) is -0.460. The number of ether oxygens (including phenoxy) is 2. The van der Waals surface area contributed by atoms with E-state index in [-0.39, 0.29) is 42.7 Å². The number of methoxy groups -OCH3 is 1. The van der Waals surface area contributed by atoms with E-state index in [1.807, 2.05) is 0 Å². The van der Waals surface area contributed by atoms with E-state index in [0.29, 0.717) is 0 Å². The van der Waals surface area contributed by atoms with Crippen LogP contribution >= 0.6 is 11.6 Å². The number of likely N-dealkylation sites (tertiary alicyclic amines) is 1. The van der Waals surface area contributed by atoms with E-state index in [4.69, 9.17) is 21.1 Å². The van der Waals surface area contributed by atoms with E-state index in [9.17, 15) is 23.6 Å². The van der Waals surface area contributed by atoms with Gasteiger partial charge in [0.1, 0.15) is 18.0 Å². The molecule has 1 aromatic carbocycles. The van der Waals surface area contributed by atoms with Gasteiger partial charge in [-0.15, -0.1) is 0 Å². The summed E-state index contributed by atoms with van der Waals surface area (Å²) in [5, 5.41) is 7.38. The van der Waals surface area contributed by atoms with Gasteiger partial charge in [-0.05, 0) is 45.4 Å². The van der Waals surface area contributed by atoms with Crippen LogP contribution in [0.3, 0.4) is 0 Å². The lowest BCUT2D eigenvalue weighted by molar-refractivity contribution is -0.138. The van der Waals surface area contributed by atoms with Gasteiger partial charge >= 0.3 is 17.9 Å². The molecule has 182 valence electrons. The van der Waals surface area contributed by atoms with Gasteiger partial charge in [0.15, 0.2) is 0 Å². The van der Waals surface area contributed by atoms with Gasteiger partial charge in [0.25, 0.3) is 0 Å². The summed E-state index contributed by atoms with van der Waals surface area (Å²) in [4.78, 5) is 50.7. The zero-order valence-corrected chi connectivity index (χ0v) is 19.6. The minimum absolute atomic E-state index is 0.0560. The molecule has 12 heteroatoms. The second-order valence-corrected chi connectivity index (χ2v) is 8.88. The SMILES string of the molecule is COCC(=O)N1CCC(NC(=O)C(=O)Nc2ccc(Cl)c(F)c2)C(NC(=O)OC(C)(C)C)C1. The number of hydrogen-bond acceptors (Lipinski definition) is 6. The van der Waals surface area contributed by atoms with Crippen LogP contribution in [-0.2, 0) is 23.9 Å². The van der Waals surface area contributed by atoms with Gasteiger partial charge in [-0.1, -0.05) is 11.6 Å². The number of anilines is 1. The molecular formula is C21H28ClFN4O6. The Labute approximate surface area is 196 Å². The van der Waals surface area contributed by atoms with Gasteiger partial charge < -0.3 is 30.3 Å². The Bertz CT molecular complexity index is 907. The van der Waals surface area contributed by atoms with Crippen molar-refractivity contribution in [3.05, 3.63) is 29.0 Å². The van der Waals surface area contributed by atoms with Crippen LogP contribution in [-0.4, -0.2) is 73.2 Å². The maximum absolute atomic E-state index is 13.6. The summed E-state index contributed by atoms with van der Waals surface area (Å²) in [6.45, 7) is 5.33. The van der Waals surface area contributed by atoms with Crippen LogP contribution in [0.1, 0.15) is 27.2 Å². The van der Waals surface area contributed by atoms with Crippen LogP contribution in [0, 0.1) is 5.82 Å². The van der Waals surface area contributed by atoms with Crippen molar-refractivity contribution in [1.29, 1.82) is 0 Å². The largest absolute Gasteiger partial charge is 0.444 e. The summed E-state index contributed by atoms with van der Waals surface area (Å²) >= 11 is 5.61. The van der Waals surface area contributed by atoms with Crippen molar-refractivity contribution in [3.63, 3.8) is 0 Å². The zero-order valence-electron chi connectivity index (χ0n) is 18.9. The van der Waals surface area contributed by atoms with Crippen molar-refractivity contribution >= 4 is 41.1 Å². The number of piperidine rings is 1. The van der Waals surface area contributed by atoms with E-state index >= 15 is 0 Å². The number of nitrogens with one attached hydrogen (secondary N) is 3. The smallest absolute Gasteiger partial charge is 0.408 e. The Morgan fingerprint density at radius 3 is 2.45 bits per heavy atom. The molecule has 10 nitrogen and oxygen atoms in total. The first-order valence-corrected chi connectivity index (χ1v) is 10.6. The number of nitrogens with zero attached hydrogens (tertiary/aromatic N) is 1. The van der Waals surface area contributed by atoms with Gasteiger partial charge in [-0.3, -0.25) is 14.4 Å². The normalized spacial score (nSPS) is 18.3. The maximum Gasteiger partial charge on any atom is 0.408 e. The molecule has 0 aromatic heterocycles. The molecule has 1 fully saturated rings. The second-order valence-electron chi connectivity index (χ2n) is 8.48. The third kappa shape index (κ3) is 8.17. The molecule has 1 heterocycles. The Morgan fingerprint density at radius 1 is 1.15 bits per heavy atom. The molecule has 2 unspecified atom stereocenters. The molecule has 1 saturated heterocycles. The molecule has 0 radical (unpaired) electrons. The van der Waals surface area contributed by atoms with Crippen LogP contribution in [0.15, 0.2) is 18.2 Å². The standard InChI is InChI=1S/C21H28ClFN4O6/c1-21(2,3)33-20(31)26-16-10-27(17(28)11-32-4)8-7-15(16)25-19(30)18(29)24-12-5-6-13(22)14(23)9-12/h5-6,9,15-16H,7-8,10-11H2,1-4H3,(H,24,29)(H,25,30)(H,26,31). The van der Waals surface area contributed by atoms with Gasteiger partial charge in [-0.2, -0.15) is 0 Å². The summed E-state index contributed by atoms with van der Waals surface area (Å²) < 4.78 is 23.7. The van der Waals surface area contributed by atoms with Gasteiger partial charge in [0.05, 0.1) is 17.1 Å². The van der Waals surface area contributed by atoms with E-state index in [2.05, 4.69) is 16.0 Å². The number of benzene rings is 1. The highest BCUT2D eigenvalue weighted by atomic mass is 35.5. The average Bonchev–Trinajstić information content (AvgIpc) is 2.70. The molecule has 2 atom stereocenters. The summed E-state index contributed by atoms with van der Waals surface area (Å²) in [6, 6.07) is 2.20. The lowest BCUT2D eigenvalue weighted by Crippen LogP contribution is -2.62. The fourth-order valence-electron chi connectivity index (χ4n) is 3.17. The summed E-state index contributed by atoms with van der Waals surface area (Å²) in [5.41, 5.74) is -0.697. The van der Waals surface area contributed by atoms with E-state index in [1.54, 1.807) is 20.8 Å². The van der Waals surface area contributed by atoms with Gasteiger partial charge in [0.2, 0.25) is 5.91 Å².